The Labute approximate surface area is 141 Å². The van der Waals surface area contributed by atoms with Crippen LogP contribution in [0.1, 0.15) is 16.7 Å². The highest BCUT2D eigenvalue weighted by Crippen LogP contribution is 2.13. The lowest BCUT2D eigenvalue weighted by atomic mass is 10.1. The van der Waals surface area contributed by atoms with Gasteiger partial charge in [0.25, 0.3) is 0 Å². The Morgan fingerprint density at radius 2 is 1.95 bits per heavy atom. The summed E-state index contributed by atoms with van der Waals surface area (Å²) in [5.41, 5.74) is 8.30. The Morgan fingerprint density at radius 3 is 2.68 bits per heavy atom. The molecular formula is C16H15BrFN3S. The minimum Gasteiger partial charge on any atom is -0.377 e. The number of benzene rings is 2. The van der Waals surface area contributed by atoms with Crippen molar-refractivity contribution in [3.05, 3.63) is 71.0 Å². The van der Waals surface area contributed by atoms with Crippen LogP contribution in [0.2, 0.25) is 0 Å². The highest BCUT2D eigenvalue weighted by Gasteiger charge is 2.01. The van der Waals surface area contributed by atoms with Crippen molar-refractivity contribution in [1.29, 1.82) is 0 Å². The second-order valence-electron chi connectivity index (χ2n) is 4.45. The molecule has 0 aromatic heterocycles. The summed E-state index contributed by atoms with van der Waals surface area (Å²) in [5.74, 6) is 0.387. The molecule has 22 heavy (non-hydrogen) atoms. The van der Waals surface area contributed by atoms with Crippen LogP contribution in [0.4, 0.5) is 4.39 Å². The van der Waals surface area contributed by atoms with E-state index < -0.39 is 0 Å². The Kier molecular flexibility index (Phi) is 6.61. The van der Waals surface area contributed by atoms with Gasteiger partial charge in [-0.3, -0.25) is 0 Å². The van der Waals surface area contributed by atoms with Gasteiger partial charge in [-0.1, -0.05) is 64.1 Å². The second kappa shape index (κ2) is 8.70. The fraction of sp³-hybridized carbons (Fsp3) is 0.125. The third-order valence-corrected chi connectivity index (χ3v) is 4.30. The summed E-state index contributed by atoms with van der Waals surface area (Å²) in [5, 5.41) is 8.74. The van der Waals surface area contributed by atoms with Crippen LogP contribution >= 0.6 is 27.7 Å². The number of rotatable bonds is 5. The van der Waals surface area contributed by atoms with Crippen LogP contribution in [0.25, 0.3) is 0 Å². The van der Waals surface area contributed by atoms with E-state index in [1.54, 1.807) is 12.1 Å². The molecule has 6 heteroatoms. The number of thioether (sulfide) groups is 1. The first-order chi connectivity index (χ1) is 10.7. The smallest absolute Gasteiger partial charge is 0.180 e. The summed E-state index contributed by atoms with van der Waals surface area (Å²) in [4.78, 5) is 0. The molecule has 0 saturated heterocycles. The number of hydrogen-bond donors (Lipinski definition) is 1. The first kappa shape index (κ1) is 16.7. The lowest BCUT2D eigenvalue weighted by Crippen LogP contribution is -2.06. The summed E-state index contributed by atoms with van der Waals surface area (Å²) in [6.07, 6.45) is 1.37. The maximum absolute atomic E-state index is 13.6. The van der Waals surface area contributed by atoms with E-state index >= 15 is 0 Å². The molecule has 114 valence electrons. The Bertz CT molecular complexity index is 674. The molecule has 2 rings (SSSR count). The number of alkyl halides is 1. The molecule has 2 aromatic rings. The van der Waals surface area contributed by atoms with E-state index in [-0.39, 0.29) is 5.82 Å². The van der Waals surface area contributed by atoms with E-state index in [4.69, 9.17) is 5.73 Å². The van der Waals surface area contributed by atoms with Crippen LogP contribution in [-0.2, 0) is 11.1 Å². The Morgan fingerprint density at radius 1 is 1.18 bits per heavy atom. The molecule has 0 spiro atoms. The maximum Gasteiger partial charge on any atom is 0.180 e. The normalized spacial score (nSPS) is 12.0. The van der Waals surface area contributed by atoms with Crippen LogP contribution in [0.15, 0.2) is 58.7 Å². The molecule has 0 aliphatic carbocycles. The molecule has 2 N–H and O–H groups in total. The highest BCUT2D eigenvalue weighted by atomic mass is 79.9. The van der Waals surface area contributed by atoms with Crippen molar-refractivity contribution < 1.29 is 4.39 Å². The molecule has 0 bridgehead atoms. The number of hydrogen-bond acceptors (Lipinski definition) is 3. The molecule has 0 aliphatic rings. The van der Waals surface area contributed by atoms with E-state index in [1.807, 2.05) is 30.3 Å². The van der Waals surface area contributed by atoms with Gasteiger partial charge in [0.1, 0.15) is 5.82 Å². The zero-order chi connectivity index (χ0) is 15.8. The van der Waals surface area contributed by atoms with E-state index in [1.165, 1.54) is 24.0 Å². The van der Waals surface area contributed by atoms with Crippen LogP contribution in [0, 0.1) is 5.82 Å². The first-order valence-electron chi connectivity index (χ1n) is 6.56. The zero-order valence-electron chi connectivity index (χ0n) is 11.7. The average Bonchev–Trinajstić information content (AvgIpc) is 2.55. The first-order valence-corrected chi connectivity index (χ1v) is 8.67. The molecular weight excluding hydrogens is 365 g/mol. The molecule has 0 unspecified atom stereocenters. The third-order valence-electron chi connectivity index (χ3n) is 2.80. The topological polar surface area (TPSA) is 50.7 Å². The summed E-state index contributed by atoms with van der Waals surface area (Å²) in [7, 11) is 0. The van der Waals surface area contributed by atoms with Gasteiger partial charge in [0.2, 0.25) is 0 Å². The second-order valence-corrected chi connectivity index (χ2v) is 6.00. The number of nitrogens with two attached hydrogens (primary N) is 1. The van der Waals surface area contributed by atoms with Gasteiger partial charge >= 0.3 is 0 Å². The van der Waals surface area contributed by atoms with Crippen molar-refractivity contribution in [3.8, 4) is 0 Å². The fourth-order valence-corrected chi connectivity index (χ4v) is 2.64. The van der Waals surface area contributed by atoms with Crippen LogP contribution < -0.4 is 5.73 Å². The van der Waals surface area contributed by atoms with Crippen LogP contribution in [0.3, 0.4) is 0 Å². The summed E-state index contributed by atoms with van der Waals surface area (Å²) < 4.78 is 13.6. The van der Waals surface area contributed by atoms with Crippen LogP contribution in [0.5, 0.6) is 0 Å². The summed E-state index contributed by atoms with van der Waals surface area (Å²) in [6.45, 7) is 0. The predicted octanol–water partition coefficient (Wildman–Crippen LogP) is 4.30. The van der Waals surface area contributed by atoms with Gasteiger partial charge in [0.15, 0.2) is 5.17 Å². The maximum atomic E-state index is 13.6. The van der Waals surface area contributed by atoms with Gasteiger partial charge in [-0.15, -0.1) is 5.10 Å². The van der Waals surface area contributed by atoms with Crippen LogP contribution in [-0.4, -0.2) is 11.4 Å². The molecule has 0 heterocycles. The number of halogens is 2. The van der Waals surface area contributed by atoms with Gasteiger partial charge < -0.3 is 5.73 Å². The predicted molar refractivity (Wildman–Crippen MR) is 96.0 cm³/mol. The molecule has 0 radical (unpaired) electrons. The van der Waals surface area contributed by atoms with Crippen molar-refractivity contribution >= 4 is 39.1 Å². The van der Waals surface area contributed by atoms with Gasteiger partial charge in [0, 0.05) is 16.6 Å². The van der Waals surface area contributed by atoms with E-state index in [9.17, 15) is 4.39 Å². The average molecular weight is 380 g/mol. The molecule has 0 aliphatic heterocycles. The number of amidine groups is 1. The Hall–Kier alpha value is -1.66. The quantitative estimate of drug-likeness (QED) is 0.364. The van der Waals surface area contributed by atoms with E-state index in [2.05, 4.69) is 26.1 Å². The lowest BCUT2D eigenvalue weighted by molar-refractivity contribution is 0.625. The van der Waals surface area contributed by atoms with Gasteiger partial charge in [-0.2, -0.15) is 5.10 Å². The SMILES string of the molecule is NC(=NN=Cc1cc(CBr)ccc1F)SCc1ccccc1. The van der Waals surface area contributed by atoms with Crippen molar-refractivity contribution in [1.82, 2.24) is 0 Å². The molecule has 0 amide bonds. The minimum absolute atomic E-state index is 0.334. The molecule has 0 saturated carbocycles. The van der Waals surface area contributed by atoms with Crippen molar-refractivity contribution in [2.24, 2.45) is 15.9 Å². The van der Waals surface area contributed by atoms with Gasteiger partial charge in [0.05, 0.1) is 6.21 Å². The standard InChI is InChI=1S/C16H15BrFN3S/c17-9-13-6-7-15(18)14(8-13)10-20-21-16(19)22-11-12-4-2-1-3-5-12/h1-8,10H,9,11H2,(H2,19,21). The molecule has 3 nitrogen and oxygen atoms in total. The van der Waals surface area contributed by atoms with E-state index in [0.29, 0.717) is 16.1 Å². The lowest BCUT2D eigenvalue weighted by Gasteiger charge is -2.00. The van der Waals surface area contributed by atoms with Gasteiger partial charge in [-0.25, -0.2) is 4.39 Å². The molecule has 0 atom stereocenters. The number of nitrogens with zero attached hydrogens (tertiary/aromatic N) is 2. The minimum atomic E-state index is -0.334. The monoisotopic (exact) mass is 379 g/mol. The largest absolute Gasteiger partial charge is 0.377 e. The van der Waals surface area contributed by atoms with Crippen molar-refractivity contribution in [3.63, 3.8) is 0 Å². The third kappa shape index (κ3) is 5.27. The van der Waals surface area contributed by atoms with Gasteiger partial charge in [-0.05, 0) is 23.3 Å². The molecule has 2 aromatic carbocycles. The Balaban J connectivity index is 1.95. The fourth-order valence-electron chi connectivity index (χ4n) is 1.68. The van der Waals surface area contributed by atoms with Crippen molar-refractivity contribution in [2.75, 3.05) is 0 Å². The van der Waals surface area contributed by atoms with E-state index in [0.717, 1.165) is 16.9 Å². The summed E-state index contributed by atoms with van der Waals surface area (Å²) in [6, 6.07) is 14.8. The summed E-state index contributed by atoms with van der Waals surface area (Å²) >= 11 is 4.72. The zero-order valence-corrected chi connectivity index (χ0v) is 14.1. The van der Waals surface area contributed by atoms with Crippen molar-refractivity contribution in [2.45, 2.75) is 11.1 Å². The highest BCUT2D eigenvalue weighted by molar-refractivity contribution is 9.08. The molecule has 0 fully saturated rings.